The van der Waals surface area contributed by atoms with E-state index in [1.807, 2.05) is 0 Å². The summed E-state index contributed by atoms with van der Waals surface area (Å²) in [7, 11) is 0. The molecule has 3 amide bonds. The summed E-state index contributed by atoms with van der Waals surface area (Å²) in [4.78, 5) is 59.5. The average molecular weight is 465 g/mol. The fourth-order valence-corrected chi connectivity index (χ4v) is 2.68. The van der Waals surface area contributed by atoms with Crippen molar-refractivity contribution in [2.75, 3.05) is 5.75 Å². The number of hydrogen-bond donors (Lipinski definition) is 8. The number of aliphatic hydroxyl groups is 1. The quantitative estimate of drug-likeness (QED) is 0.134. The maximum atomic E-state index is 12.6. The molecule has 13 heteroatoms. The van der Waals surface area contributed by atoms with E-state index in [4.69, 9.17) is 10.8 Å². The average Bonchev–Trinajstić information content (AvgIpc) is 2.70. The van der Waals surface area contributed by atoms with Crippen LogP contribution >= 0.6 is 12.6 Å². The van der Waals surface area contributed by atoms with Gasteiger partial charge in [-0.2, -0.15) is 12.6 Å². The number of aliphatic hydroxyl groups excluding tert-OH is 1. The molecule has 0 heterocycles. The Hall–Kier alpha value is -2.38. The van der Waals surface area contributed by atoms with E-state index in [0.717, 1.165) is 0 Å². The van der Waals surface area contributed by atoms with Crippen LogP contribution in [0, 0.1) is 5.92 Å². The van der Waals surface area contributed by atoms with Gasteiger partial charge in [0.2, 0.25) is 17.7 Å². The Bertz CT molecular complexity index is 660. The minimum absolute atomic E-state index is 0.179. The van der Waals surface area contributed by atoms with Gasteiger partial charge in [-0.05, 0) is 19.3 Å². The van der Waals surface area contributed by atoms with Gasteiger partial charge in [-0.3, -0.25) is 19.2 Å². The topological polar surface area (TPSA) is 208 Å². The summed E-state index contributed by atoms with van der Waals surface area (Å²) in [5, 5.41) is 34.6. The number of carboxylic acids is 2. The summed E-state index contributed by atoms with van der Waals surface area (Å²) in [5.74, 6) is -5.61. The minimum atomic E-state index is -1.36. The summed E-state index contributed by atoms with van der Waals surface area (Å²) in [6.45, 7) is 4.67. The van der Waals surface area contributed by atoms with Crippen LogP contribution in [0.25, 0.3) is 0 Å². The number of aliphatic carboxylic acids is 2. The third-order valence-electron chi connectivity index (χ3n) is 4.69. The zero-order chi connectivity index (χ0) is 24.3. The number of rotatable bonds is 14. The highest BCUT2D eigenvalue weighted by molar-refractivity contribution is 7.80. The van der Waals surface area contributed by atoms with E-state index in [0.29, 0.717) is 6.42 Å². The second kappa shape index (κ2) is 13.8. The summed E-state index contributed by atoms with van der Waals surface area (Å²) in [5.41, 5.74) is 5.51. The van der Waals surface area contributed by atoms with Gasteiger partial charge in [0.25, 0.3) is 0 Å². The third-order valence-corrected chi connectivity index (χ3v) is 5.06. The fourth-order valence-electron chi connectivity index (χ4n) is 2.43. The molecule has 6 unspecified atom stereocenters. The normalized spacial score (nSPS) is 16.7. The fraction of sp³-hybridized carbons (Fsp3) is 0.722. The van der Waals surface area contributed by atoms with E-state index < -0.39 is 72.3 Å². The van der Waals surface area contributed by atoms with Crippen LogP contribution in [0.15, 0.2) is 0 Å². The van der Waals surface area contributed by atoms with Gasteiger partial charge < -0.3 is 37.0 Å². The SMILES string of the molecule is CCC(C)C(NC(=O)C(CCC(=O)O)NC(=O)C(CS)NC(=O)C(N)C(C)O)C(=O)O. The molecule has 0 bridgehead atoms. The largest absolute Gasteiger partial charge is 0.481 e. The molecule has 0 aromatic heterocycles. The van der Waals surface area contributed by atoms with E-state index in [1.54, 1.807) is 13.8 Å². The van der Waals surface area contributed by atoms with E-state index >= 15 is 0 Å². The number of nitrogens with two attached hydrogens (primary N) is 1. The Balaban J connectivity index is 5.40. The van der Waals surface area contributed by atoms with Gasteiger partial charge in [-0.1, -0.05) is 20.3 Å². The lowest BCUT2D eigenvalue weighted by Gasteiger charge is -2.26. The molecule has 31 heavy (non-hydrogen) atoms. The number of nitrogens with one attached hydrogen (secondary N) is 3. The van der Waals surface area contributed by atoms with Crippen molar-refractivity contribution < 1.29 is 39.3 Å². The van der Waals surface area contributed by atoms with Crippen molar-refractivity contribution >= 4 is 42.3 Å². The predicted molar refractivity (Wildman–Crippen MR) is 113 cm³/mol. The van der Waals surface area contributed by atoms with Gasteiger partial charge in [0.1, 0.15) is 24.2 Å². The number of carboxylic acid groups (broad SMARTS) is 2. The lowest BCUT2D eigenvalue weighted by atomic mass is 9.98. The number of thiol groups is 1. The van der Waals surface area contributed by atoms with Gasteiger partial charge in [-0.25, -0.2) is 4.79 Å². The van der Waals surface area contributed by atoms with Crippen molar-refractivity contribution in [3.8, 4) is 0 Å². The molecule has 0 saturated heterocycles. The van der Waals surface area contributed by atoms with E-state index in [2.05, 4.69) is 28.6 Å². The Morgan fingerprint density at radius 2 is 1.45 bits per heavy atom. The van der Waals surface area contributed by atoms with Gasteiger partial charge >= 0.3 is 11.9 Å². The summed E-state index contributed by atoms with van der Waals surface area (Å²) in [6.07, 6.45) is -1.49. The van der Waals surface area contributed by atoms with Gasteiger partial charge in [0.15, 0.2) is 0 Å². The van der Waals surface area contributed by atoms with Crippen LogP contribution in [0.2, 0.25) is 0 Å². The summed E-state index contributed by atoms with van der Waals surface area (Å²) >= 11 is 3.98. The lowest BCUT2D eigenvalue weighted by Crippen LogP contribution is -2.59. The van der Waals surface area contributed by atoms with E-state index in [9.17, 15) is 34.2 Å². The predicted octanol–water partition coefficient (Wildman–Crippen LogP) is -1.93. The van der Waals surface area contributed by atoms with Gasteiger partial charge in [0, 0.05) is 12.2 Å². The Morgan fingerprint density at radius 3 is 1.87 bits per heavy atom. The first-order valence-electron chi connectivity index (χ1n) is 9.75. The molecule has 0 radical (unpaired) electrons. The Morgan fingerprint density at radius 1 is 0.935 bits per heavy atom. The molecule has 0 fully saturated rings. The summed E-state index contributed by atoms with van der Waals surface area (Å²) in [6, 6.07) is -5.12. The summed E-state index contributed by atoms with van der Waals surface area (Å²) < 4.78 is 0. The van der Waals surface area contributed by atoms with Crippen LogP contribution in [0.4, 0.5) is 0 Å². The van der Waals surface area contributed by atoms with Gasteiger partial charge in [-0.15, -0.1) is 0 Å². The van der Waals surface area contributed by atoms with Crippen molar-refractivity contribution in [2.45, 2.75) is 70.3 Å². The first kappa shape index (κ1) is 28.6. The molecular formula is C18H32N4O8S. The molecule has 0 spiro atoms. The molecule has 0 aromatic rings. The number of carbonyl (C=O) groups excluding carboxylic acids is 3. The first-order chi connectivity index (χ1) is 14.3. The Labute approximate surface area is 185 Å². The molecule has 0 aliphatic heterocycles. The second-order valence-electron chi connectivity index (χ2n) is 7.21. The van der Waals surface area contributed by atoms with Gasteiger partial charge in [0.05, 0.1) is 6.10 Å². The molecular weight excluding hydrogens is 432 g/mol. The molecule has 0 saturated carbocycles. The van der Waals surface area contributed by atoms with Crippen LogP contribution in [-0.4, -0.2) is 81.0 Å². The molecule has 12 nitrogen and oxygen atoms in total. The maximum Gasteiger partial charge on any atom is 0.326 e. The van der Waals surface area contributed by atoms with Crippen LogP contribution in [0.5, 0.6) is 0 Å². The molecule has 6 atom stereocenters. The highest BCUT2D eigenvalue weighted by Gasteiger charge is 2.32. The molecule has 0 aliphatic carbocycles. The van der Waals surface area contributed by atoms with Crippen molar-refractivity contribution in [3.05, 3.63) is 0 Å². The molecule has 8 N–H and O–H groups in total. The van der Waals surface area contributed by atoms with Crippen LogP contribution in [-0.2, 0) is 24.0 Å². The third kappa shape index (κ3) is 9.98. The molecule has 0 rings (SSSR count). The van der Waals surface area contributed by atoms with E-state index in [1.165, 1.54) is 6.92 Å². The minimum Gasteiger partial charge on any atom is -0.481 e. The molecule has 0 aliphatic rings. The Kier molecular flexibility index (Phi) is 12.8. The zero-order valence-electron chi connectivity index (χ0n) is 17.7. The maximum absolute atomic E-state index is 12.6. The number of carbonyl (C=O) groups is 5. The monoisotopic (exact) mass is 464 g/mol. The van der Waals surface area contributed by atoms with E-state index in [-0.39, 0.29) is 12.2 Å². The first-order valence-corrected chi connectivity index (χ1v) is 10.4. The zero-order valence-corrected chi connectivity index (χ0v) is 18.6. The highest BCUT2D eigenvalue weighted by Crippen LogP contribution is 2.09. The van der Waals surface area contributed by atoms with Crippen molar-refractivity contribution in [3.63, 3.8) is 0 Å². The molecule has 178 valence electrons. The molecule has 0 aromatic carbocycles. The van der Waals surface area contributed by atoms with Crippen molar-refractivity contribution in [2.24, 2.45) is 11.7 Å². The number of hydrogen-bond acceptors (Lipinski definition) is 8. The smallest absolute Gasteiger partial charge is 0.326 e. The van der Waals surface area contributed by atoms with Crippen LogP contribution < -0.4 is 21.7 Å². The highest BCUT2D eigenvalue weighted by atomic mass is 32.1. The standard InChI is InChI=1S/C18H32N4O8S/c1-4-8(2)14(18(29)30)22-15(26)10(5-6-12(24)25)20-16(27)11(7-31)21-17(28)13(19)9(3)23/h8-11,13-14,23,31H,4-7,19H2,1-3H3,(H,20,27)(H,21,28)(H,22,26)(H,24,25)(H,29,30). The van der Waals surface area contributed by atoms with Crippen LogP contribution in [0.1, 0.15) is 40.0 Å². The number of amides is 3. The van der Waals surface area contributed by atoms with Crippen LogP contribution in [0.3, 0.4) is 0 Å². The lowest BCUT2D eigenvalue weighted by molar-refractivity contribution is -0.144. The second-order valence-corrected chi connectivity index (χ2v) is 7.58. The van der Waals surface area contributed by atoms with Crippen molar-refractivity contribution in [1.82, 2.24) is 16.0 Å². The van der Waals surface area contributed by atoms with Crippen molar-refractivity contribution in [1.29, 1.82) is 0 Å².